The number of benzene rings is 1. The predicted molar refractivity (Wildman–Crippen MR) is 51.0 cm³/mol. The van der Waals surface area contributed by atoms with Crippen LogP contribution in [0.5, 0.6) is 0 Å². The lowest BCUT2D eigenvalue weighted by molar-refractivity contribution is 0.354. The molecule has 0 fully saturated rings. The molecule has 0 aliphatic carbocycles. The SMILES string of the molecule is CC1(C)Cc2c(F)cccc2CN1. The molecule has 0 saturated heterocycles. The van der Waals surface area contributed by atoms with Gasteiger partial charge in [0.15, 0.2) is 0 Å². The molecule has 2 heteroatoms. The Morgan fingerprint density at radius 2 is 2.15 bits per heavy atom. The third kappa shape index (κ3) is 1.59. The van der Waals surface area contributed by atoms with E-state index in [1.165, 1.54) is 0 Å². The molecular formula is C11H14FN. The van der Waals surface area contributed by atoms with Crippen LogP contribution in [0.3, 0.4) is 0 Å². The van der Waals surface area contributed by atoms with Crippen molar-refractivity contribution >= 4 is 0 Å². The van der Waals surface area contributed by atoms with Gasteiger partial charge in [0.25, 0.3) is 0 Å². The Hall–Kier alpha value is -0.890. The maximum absolute atomic E-state index is 13.4. The maximum atomic E-state index is 13.4. The molecule has 1 aromatic rings. The molecule has 1 nitrogen and oxygen atoms in total. The van der Waals surface area contributed by atoms with Gasteiger partial charge in [-0.3, -0.25) is 0 Å². The van der Waals surface area contributed by atoms with Gasteiger partial charge in [0.1, 0.15) is 5.82 Å². The summed E-state index contributed by atoms with van der Waals surface area (Å²) in [4.78, 5) is 0. The van der Waals surface area contributed by atoms with Crippen molar-refractivity contribution in [2.24, 2.45) is 0 Å². The fraction of sp³-hybridized carbons (Fsp3) is 0.455. The van der Waals surface area contributed by atoms with Crippen LogP contribution >= 0.6 is 0 Å². The zero-order valence-electron chi connectivity index (χ0n) is 8.02. The molecule has 0 saturated carbocycles. The van der Waals surface area contributed by atoms with E-state index in [1.54, 1.807) is 12.1 Å². The van der Waals surface area contributed by atoms with Gasteiger partial charge in [0.05, 0.1) is 0 Å². The van der Waals surface area contributed by atoms with Crippen LogP contribution in [0.2, 0.25) is 0 Å². The van der Waals surface area contributed by atoms with Crippen molar-refractivity contribution in [2.45, 2.75) is 32.4 Å². The third-order valence-corrected chi connectivity index (χ3v) is 2.59. The van der Waals surface area contributed by atoms with Gasteiger partial charge in [-0.1, -0.05) is 12.1 Å². The molecule has 1 heterocycles. The van der Waals surface area contributed by atoms with Gasteiger partial charge >= 0.3 is 0 Å². The van der Waals surface area contributed by atoms with Gasteiger partial charge < -0.3 is 5.32 Å². The van der Waals surface area contributed by atoms with Crippen LogP contribution in [0.25, 0.3) is 0 Å². The Bertz CT molecular complexity index is 331. The van der Waals surface area contributed by atoms with E-state index in [0.717, 1.165) is 24.1 Å². The van der Waals surface area contributed by atoms with E-state index < -0.39 is 0 Å². The maximum Gasteiger partial charge on any atom is 0.126 e. The standard InChI is InChI=1S/C11H14FN/c1-11(2)6-9-8(7-13-11)4-3-5-10(9)12/h3-5,13H,6-7H2,1-2H3. The first kappa shape index (κ1) is 8.70. The summed E-state index contributed by atoms with van der Waals surface area (Å²) in [5, 5.41) is 3.38. The van der Waals surface area contributed by atoms with E-state index in [9.17, 15) is 4.39 Å². The van der Waals surface area contributed by atoms with Gasteiger partial charge in [-0.2, -0.15) is 0 Å². The molecule has 13 heavy (non-hydrogen) atoms. The summed E-state index contributed by atoms with van der Waals surface area (Å²) >= 11 is 0. The molecule has 70 valence electrons. The summed E-state index contributed by atoms with van der Waals surface area (Å²) in [5.41, 5.74) is 2.00. The number of nitrogens with one attached hydrogen (secondary N) is 1. The fourth-order valence-corrected chi connectivity index (χ4v) is 1.81. The highest BCUT2D eigenvalue weighted by atomic mass is 19.1. The highest BCUT2D eigenvalue weighted by Gasteiger charge is 2.25. The summed E-state index contributed by atoms with van der Waals surface area (Å²) in [6.45, 7) is 4.98. The quantitative estimate of drug-likeness (QED) is 0.644. The summed E-state index contributed by atoms with van der Waals surface area (Å²) in [6.07, 6.45) is 0.773. The second-order valence-electron chi connectivity index (χ2n) is 4.29. The molecule has 0 unspecified atom stereocenters. The van der Waals surface area contributed by atoms with Crippen LogP contribution in [-0.4, -0.2) is 5.54 Å². The zero-order chi connectivity index (χ0) is 9.47. The molecule has 1 aliphatic heterocycles. The second kappa shape index (κ2) is 2.81. The molecule has 1 aliphatic rings. The number of hydrogen-bond donors (Lipinski definition) is 1. The number of fused-ring (bicyclic) bond motifs is 1. The topological polar surface area (TPSA) is 12.0 Å². The highest BCUT2D eigenvalue weighted by Crippen LogP contribution is 2.24. The molecule has 0 radical (unpaired) electrons. The van der Waals surface area contributed by atoms with Crippen molar-refractivity contribution in [1.29, 1.82) is 0 Å². The molecule has 2 rings (SSSR count). The Morgan fingerprint density at radius 1 is 1.38 bits per heavy atom. The molecule has 0 aromatic heterocycles. The minimum absolute atomic E-state index is 0.0230. The molecule has 1 aromatic carbocycles. The molecule has 0 amide bonds. The van der Waals surface area contributed by atoms with Gasteiger partial charge in [-0.15, -0.1) is 0 Å². The van der Waals surface area contributed by atoms with Crippen molar-refractivity contribution in [3.05, 3.63) is 35.1 Å². The summed E-state index contributed by atoms with van der Waals surface area (Å²) in [7, 11) is 0. The van der Waals surface area contributed by atoms with E-state index in [0.29, 0.717) is 0 Å². The molecular weight excluding hydrogens is 165 g/mol. The fourth-order valence-electron chi connectivity index (χ4n) is 1.81. The monoisotopic (exact) mass is 179 g/mol. The van der Waals surface area contributed by atoms with Crippen LogP contribution in [0.4, 0.5) is 4.39 Å². The van der Waals surface area contributed by atoms with Crippen LogP contribution < -0.4 is 5.32 Å². The van der Waals surface area contributed by atoms with Crippen molar-refractivity contribution < 1.29 is 4.39 Å². The Kier molecular flexibility index (Phi) is 1.88. The van der Waals surface area contributed by atoms with Crippen LogP contribution in [0, 0.1) is 5.82 Å². The van der Waals surface area contributed by atoms with Crippen molar-refractivity contribution in [3.63, 3.8) is 0 Å². The second-order valence-corrected chi connectivity index (χ2v) is 4.29. The predicted octanol–water partition coefficient (Wildman–Crippen LogP) is 2.25. The van der Waals surface area contributed by atoms with Gasteiger partial charge in [0, 0.05) is 12.1 Å². The minimum atomic E-state index is -0.0629. The molecule has 0 bridgehead atoms. The van der Waals surface area contributed by atoms with E-state index in [2.05, 4.69) is 19.2 Å². The molecule has 0 spiro atoms. The van der Waals surface area contributed by atoms with Crippen molar-refractivity contribution in [3.8, 4) is 0 Å². The highest BCUT2D eigenvalue weighted by molar-refractivity contribution is 5.32. The lowest BCUT2D eigenvalue weighted by Gasteiger charge is -2.32. The lowest BCUT2D eigenvalue weighted by Crippen LogP contribution is -2.44. The largest absolute Gasteiger partial charge is 0.307 e. The first-order valence-corrected chi connectivity index (χ1v) is 4.60. The summed E-state index contributed by atoms with van der Waals surface area (Å²) in [6, 6.07) is 5.30. The number of hydrogen-bond acceptors (Lipinski definition) is 1. The van der Waals surface area contributed by atoms with Crippen molar-refractivity contribution in [2.75, 3.05) is 0 Å². The van der Waals surface area contributed by atoms with Gasteiger partial charge in [-0.05, 0) is 37.5 Å². The van der Waals surface area contributed by atoms with E-state index in [1.807, 2.05) is 6.07 Å². The normalized spacial score (nSPS) is 19.6. The smallest absolute Gasteiger partial charge is 0.126 e. The lowest BCUT2D eigenvalue weighted by atomic mass is 9.87. The molecule has 1 N–H and O–H groups in total. The number of halogens is 1. The Balaban J connectivity index is 2.44. The Labute approximate surface area is 78.0 Å². The first-order chi connectivity index (χ1) is 6.08. The summed E-state index contributed by atoms with van der Waals surface area (Å²) in [5.74, 6) is -0.0629. The zero-order valence-corrected chi connectivity index (χ0v) is 8.02. The van der Waals surface area contributed by atoms with Crippen LogP contribution in [-0.2, 0) is 13.0 Å². The first-order valence-electron chi connectivity index (χ1n) is 4.60. The van der Waals surface area contributed by atoms with Gasteiger partial charge in [-0.25, -0.2) is 4.39 Å². The van der Waals surface area contributed by atoms with E-state index >= 15 is 0 Å². The van der Waals surface area contributed by atoms with E-state index in [-0.39, 0.29) is 11.4 Å². The Morgan fingerprint density at radius 3 is 2.92 bits per heavy atom. The average Bonchev–Trinajstić information content (AvgIpc) is 2.06. The van der Waals surface area contributed by atoms with Crippen molar-refractivity contribution in [1.82, 2.24) is 5.32 Å². The third-order valence-electron chi connectivity index (χ3n) is 2.59. The number of rotatable bonds is 0. The summed E-state index contributed by atoms with van der Waals surface area (Å²) < 4.78 is 13.4. The average molecular weight is 179 g/mol. The van der Waals surface area contributed by atoms with Crippen LogP contribution in [0.15, 0.2) is 18.2 Å². The minimum Gasteiger partial charge on any atom is -0.307 e. The molecule has 0 atom stereocenters. The van der Waals surface area contributed by atoms with Crippen LogP contribution in [0.1, 0.15) is 25.0 Å². The van der Waals surface area contributed by atoms with E-state index in [4.69, 9.17) is 0 Å². The van der Waals surface area contributed by atoms with Gasteiger partial charge in [0.2, 0.25) is 0 Å².